The van der Waals surface area contributed by atoms with Gasteiger partial charge in [-0.15, -0.1) is 0 Å². The van der Waals surface area contributed by atoms with E-state index in [9.17, 15) is 13.2 Å². The number of nitrogen functional groups attached to an aromatic ring is 1. The summed E-state index contributed by atoms with van der Waals surface area (Å²) in [5, 5.41) is 2.34. The highest BCUT2D eigenvalue weighted by molar-refractivity contribution is 5.92. The monoisotopic (exact) mass is 343 g/mol. The lowest BCUT2D eigenvalue weighted by Crippen LogP contribution is -2.01. The first-order valence-corrected chi connectivity index (χ1v) is 8.33. The number of nitrogens with two attached hydrogens (primary N) is 1. The van der Waals surface area contributed by atoms with E-state index in [2.05, 4.69) is 12.1 Å². The molecule has 3 aromatic carbocycles. The summed E-state index contributed by atoms with van der Waals surface area (Å²) in [5.74, 6) is -2.13. The Balaban J connectivity index is 0.000000150. The molecule has 1 aliphatic rings. The molecule has 0 atom stereocenters. The van der Waals surface area contributed by atoms with Crippen LogP contribution in [0.1, 0.15) is 24.0 Å². The maximum Gasteiger partial charge on any atom is 0.164 e. The Hall–Kier alpha value is -2.49. The van der Waals surface area contributed by atoms with Crippen LogP contribution in [0.15, 0.2) is 48.5 Å². The molecule has 0 heterocycles. The minimum absolute atomic E-state index is 0.208. The Morgan fingerprint density at radius 3 is 2.32 bits per heavy atom. The summed E-state index contributed by atoms with van der Waals surface area (Å²) in [7, 11) is 0. The lowest BCUT2D eigenvalue weighted by molar-refractivity contribution is 0.479. The average Bonchev–Trinajstić information content (AvgIpc) is 3.43. The van der Waals surface area contributed by atoms with Crippen molar-refractivity contribution in [2.75, 3.05) is 5.73 Å². The Labute approximate surface area is 145 Å². The molecule has 25 heavy (non-hydrogen) atoms. The fourth-order valence-electron chi connectivity index (χ4n) is 2.83. The van der Waals surface area contributed by atoms with Crippen LogP contribution < -0.4 is 5.73 Å². The van der Waals surface area contributed by atoms with Crippen LogP contribution in [0.25, 0.3) is 10.8 Å². The van der Waals surface area contributed by atoms with Gasteiger partial charge in [-0.3, -0.25) is 0 Å². The molecule has 0 saturated heterocycles. The number of halogens is 3. The summed E-state index contributed by atoms with van der Waals surface area (Å²) < 4.78 is 39.3. The van der Waals surface area contributed by atoms with Gasteiger partial charge in [-0.25, -0.2) is 13.2 Å². The fourth-order valence-corrected chi connectivity index (χ4v) is 2.83. The molecule has 0 radical (unpaired) electrons. The molecule has 1 fully saturated rings. The molecule has 0 aliphatic heterocycles. The molecule has 2 N–H and O–H groups in total. The smallest absolute Gasteiger partial charge is 0.164 e. The zero-order valence-electron chi connectivity index (χ0n) is 14.0. The molecule has 3 aromatic rings. The van der Waals surface area contributed by atoms with Gasteiger partial charge < -0.3 is 5.73 Å². The molecular weight excluding hydrogens is 323 g/mol. The van der Waals surface area contributed by atoms with Crippen molar-refractivity contribution in [3.8, 4) is 0 Å². The SMILES string of the molecule is Cc1c(F)c(F)cc(CC2CC2)c1F.Nc1cccc2ccccc12. The summed E-state index contributed by atoms with van der Waals surface area (Å²) in [6, 6.07) is 15.0. The second-order valence-electron chi connectivity index (χ2n) is 6.49. The lowest BCUT2D eigenvalue weighted by Gasteiger charge is -2.06. The highest BCUT2D eigenvalue weighted by Gasteiger charge is 2.25. The van der Waals surface area contributed by atoms with Crippen LogP contribution in [0.4, 0.5) is 18.9 Å². The van der Waals surface area contributed by atoms with Crippen LogP contribution in [0.3, 0.4) is 0 Å². The maximum absolute atomic E-state index is 13.4. The minimum atomic E-state index is -1.07. The molecule has 4 rings (SSSR count). The van der Waals surface area contributed by atoms with Gasteiger partial charge >= 0.3 is 0 Å². The van der Waals surface area contributed by atoms with Crippen LogP contribution in [-0.4, -0.2) is 0 Å². The van der Waals surface area contributed by atoms with Gasteiger partial charge in [0.15, 0.2) is 11.6 Å². The van der Waals surface area contributed by atoms with Crippen molar-refractivity contribution in [1.29, 1.82) is 0 Å². The standard InChI is InChI=1S/C11H11F3.C10H9N/c1-6-10(13)8(4-7-2-3-7)5-9(12)11(6)14;11-10-7-3-5-8-4-1-2-6-9(8)10/h5,7H,2-4H2,1H3;1-7H,11H2. The highest BCUT2D eigenvalue weighted by Crippen LogP contribution is 2.34. The van der Waals surface area contributed by atoms with E-state index in [0.29, 0.717) is 17.9 Å². The number of anilines is 1. The first-order valence-electron chi connectivity index (χ1n) is 8.33. The van der Waals surface area contributed by atoms with Crippen LogP contribution in [-0.2, 0) is 6.42 Å². The third kappa shape index (κ3) is 3.95. The average molecular weight is 343 g/mol. The minimum Gasteiger partial charge on any atom is -0.398 e. The molecule has 0 spiro atoms. The number of fused-ring (bicyclic) bond motifs is 1. The molecule has 1 nitrogen and oxygen atoms in total. The largest absolute Gasteiger partial charge is 0.398 e. The van der Waals surface area contributed by atoms with Gasteiger partial charge in [0.1, 0.15) is 5.82 Å². The Morgan fingerprint density at radius 2 is 1.64 bits per heavy atom. The number of hydrogen-bond acceptors (Lipinski definition) is 1. The summed E-state index contributed by atoms with van der Waals surface area (Å²) >= 11 is 0. The normalized spacial score (nSPS) is 13.4. The van der Waals surface area contributed by atoms with Crippen LogP contribution >= 0.6 is 0 Å². The van der Waals surface area contributed by atoms with Crippen molar-refractivity contribution in [1.82, 2.24) is 0 Å². The summed E-state index contributed by atoms with van der Waals surface area (Å²) in [6.45, 7) is 1.27. The van der Waals surface area contributed by atoms with E-state index in [0.717, 1.165) is 30.0 Å². The van der Waals surface area contributed by atoms with E-state index in [-0.39, 0.29) is 5.56 Å². The quantitative estimate of drug-likeness (QED) is 0.463. The Bertz CT molecular complexity index is 896. The van der Waals surface area contributed by atoms with Crippen LogP contribution in [0.5, 0.6) is 0 Å². The summed E-state index contributed by atoms with van der Waals surface area (Å²) in [4.78, 5) is 0. The van der Waals surface area contributed by atoms with Gasteiger partial charge in [0.25, 0.3) is 0 Å². The van der Waals surface area contributed by atoms with E-state index >= 15 is 0 Å². The van der Waals surface area contributed by atoms with Gasteiger partial charge in [0.05, 0.1) is 0 Å². The van der Waals surface area contributed by atoms with Gasteiger partial charge in [0, 0.05) is 16.6 Å². The van der Waals surface area contributed by atoms with Crippen LogP contribution in [0.2, 0.25) is 0 Å². The molecule has 4 heteroatoms. The third-order valence-electron chi connectivity index (χ3n) is 4.48. The van der Waals surface area contributed by atoms with Crippen molar-refractivity contribution < 1.29 is 13.2 Å². The zero-order valence-corrected chi connectivity index (χ0v) is 14.0. The predicted octanol–water partition coefficient (Wildman–Crippen LogP) is 5.79. The van der Waals surface area contributed by atoms with E-state index < -0.39 is 17.5 Å². The van der Waals surface area contributed by atoms with Crippen molar-refractivity contribution in [3.63, 3.8) is 0 Å². The van der Waals surface area contributed by atoms with Gasteiger partial charge in [-0.05, 0) is 55.2 Å². The molecule has 1 aliphatic carbocycles. The number of benzene rings is 3. The second-order valence-corrected chi connectivity index (χ2v) is 6.49. The van der Waals surface area contributed by atoms with Crippen LogP contribution in [0, 0.1) is 30.3 Å². The molecule has 0 amide bonds. The van der Waals surface area contributed by atoms with Gasteiger partial charge in [-0.2, -0.15) is 0 Å². The Morgan fingerprint density at radius 1 is 0.960 bits per heavy atom. The topological polar surface area (TPSA) is 26.0 Å². The third-order valence-corrected chi connectivity index (χ3v) is 4.48. The first kappa shape index (κ1) is 17.3. The van der Waals surface area contributed by atoms with E-state index in [1.54, 1.807) is 0 Å². The maximum atomic E-state index is 13.4. The molecule has 130 valence electrons. The predicted molar refractivity (Wildman–Crippen MR) is 95.8 cm³/mol. The number of rotatable bonds is 2. The zero-order chi connectivity index (χ0) is 18.0. The van der Waals surface area contributed by atoms with E-state index in [1.807, 2.05) is 30.3 Å². The lowest BCUT2D eigenvalue weighted by atomic mass is 10.0. The van der Waals surface area contributed by atoms with Gasteiger partial charge in [0.2, 0.25) is 0 Å². The highest BCUT2D eigenvalue weighted by atomic mass is 19.2. The molecule has 1 saturated carbocycles. The first-order chi connectivity index (χ1) is 12.0. The summed E-state index contributed by atoms with van der Waals surface area (Å²) in [6.07, 6.45) is 2.67. The van der Waals surface area contributed by atoms with Gasteiger partial charge in [-0.1, -0.05) is 36.4 Å². The van der Waals surface area contributed by atoms with E-state index in [4.69, 9.17) is 5.73 Å². The second kappa shape index (κ2) is 7.18. The van der Waals surface area contributed by atoms with Crippen molar-refractivity contribution in [2.45, 2.75) is 26.2 Å². The van der Waals surface area contributed by atoms with Crippen molar-refractivity contribution in [2.24, 2.45) is 5.92 Å². The number of hydrogen-bond donors (Lipinski definition) is 1. The Kier molecular flexibility index (Phi) is 4.98. The van der Waals surface area contributed by atoms with Crippen molar-refractivity contribution >= 4 is 16.5 Å². The summed E-state index contributed by atoms with van der Waals surface area (Å²) in [5.41, 5.74) is 6.71. The molecular formula is C21H20F3N. The molecule has 0 aromatic heterocycles. The van der Waals surface area contributed by atoms with E-state index in [1.165, 1.54) is 12.3 Å². The molecule has 0 unspecified atom stereocenters. The van der Waals surface area contributed by atoms with Crippen molar-refractivity contribution in [3.05, 3.63) is 77.1 Å². The fraction of sp³-hybridized carbons (Fsp3) is 0.238. The molecule has 0 bridgehead atoms.